The fourth-order valence-electron chi connectivity index (χ4n) is 3.44. The fourth-order valence-corrected chi connectivity index (χ4v) is 3.44. The van der Waals surface area contributed by atoms with Crippen LogP contribution < -0.4 is 20.1 Å². The van der Waals surface area contributed by atoms with Crippen molar-refractivity contribution in [2.75, 3.05) is 24.9 Å². The molecule has 2 amide bonds. The van der Waals surface area contributed by atoms with Gasteiger partial charge in [0, 0.05) is 34.4 Å². The summed E-state index contributed by atoms with van der Waals surface area (Å²) in [5.41, 5.74) is 3.51. The molecule has 0 radical (unpaired) electrons. The van der Waals surface area contributed by atoms with Crippen molar-refractivity contribution in [1.82, 2.24) is 0 Å². The molecule has 4 aromatic rings. The standard InChI is InChI=1S/C30H24N2O4/c1-35-27-20-26(28(36-2)19-25(27)31-29(33)23-11-7-4-8-12-23)32-30(34)24-17-15-22(16-18-24)14-13-21-9-5-3-6-10-21/h3-12,15-20H,1-2H3,(H,31,33)(H,32,34). The van der Waals surface area contributed by atoms with E-state index in [1.807, 2.05) is 36.4 Å². The summed E-state index contributed by atoms with van der Waals surface area (Å²) in [6.07, 6.45) is 0. The number of carbonyl (C=O) groups excluding carboxylic acids is 2. The van der Waals surface area contributed by atoms with Gasteiger partial charge in [0.25, 0.3) is 11.8 Å². The van der Waals surface area contributed by atoms with Crippen LogP contribution in [0.1, 0.15) is 31.8 Å². The quantitative estimate of drug-likeness (QED) is 0.355. The predicted molar refractivity (Wildman–Crippen MR) is 141 cm³/mol. The lowest BCUT2D eigenvalue weighted by Crippen LogP contribution is -2.15. The molecule has 0 aliphatic heterocycles. The van der Waals surface area contributed by atoms with Gasteiger partial charge in [-0.25, -0.2) is 0 Å². The first kappa shape index (κ1) is 24.1. The molecule has 0 aliphatic rings. The van der Waals surface area contributed by atoms with Gasteiger partial charge in [0.15, 0.2) is 0 Å². The molecule has 0 saturated heterocycles. The smallest absolute Gasteiger partial charge is 0.255 e. The molecule has 0 aromatic heterocycles. The van der Waals surface area contributed by atoms with Gasteiger partial charge in [0.05, 0.1) is 25.6 Å². The SMILES string of the molecule is COc1cc(NC(=O)c2ccc(C#Cc3ccccc3)cc2)c(OC)cc1NC(=O)c1ccccc1. The average molecular weight is 477 g/mol. The molecule has 0 fully saturated rings. The van der Waals surface area contributed by atoms with Crippen molar-refractivity contribution >= 4 is 23.2 Å². The summed E-state index contributed by atoms with van der Waals surface area (Å²) in [6, 6.07) is 28.8. The lowest BCUT2D eigenvalue weighted by atomic mass is 10.1. The van der Waals surface area contributed by atoms with E-state index in [1.54, 1.807) is 60.7 Å². The molecule has 4 rings (SSSR count). The molecule has 36 heavy (non-hydrogen) atoms. The van der Waals surface area contributed by atoms with Crippen molar-refractivity contribution in [3.8, 4) is 23.3 Å². The van der Waals surface area contributed by atoms with Crippen LogP contribution >= 0.6 is 0 Å². The molecule has 6 nitrogen and oxygen atoms in total. The van der Waals surface area contributed by atoms with Gasteiger partial charge in [0.1, 0.15) is 11.5 Å². The van der Waals surface area contributed by atoms with Gasteiger partial charge in [-0.05, 0) is 48.5 Å². The Hall–Kier alpha value is -5.02. The second-order valence-corrected chi connectivity index (χ2v) is 7.72. The number of rotatable bonds is 6. The van der Waals surface area contributed by atoms with E-state index < -0.39 is 0 Å². The third-order valence-electron chi connectivity index (χ3n) is 5.33. The van der Waals surface area contributed by atoms with Gasteiger partial charge < -0.3 is 20.1 Å². The maximum absolute atomic E-state index is 12.9. The van der Waals surface area contributed by atoms with Crippen LogP contribution in [0.2, 0.25) is 0 Å². The van der Waals surface area contributed by atoms with Crippen molar-refractivity contribution in [2.24, 2.45) is 0 Å². The number of hydrogen-bond donors (Lipinski definition) is 2. The molecule has 6 heteroatoms. The highest BCUT2D eigenvalue weighted by atomic mass is 16.5. The summed E-state index contributed by atoms with van der Waals surface area (Å²) in [6.45, 7) is 0. The first-order chi connectivity index (χ1) is 17.6. The fraction of sp³-hybridized carbons (Fsp3) is 0.0667. The average Bonchev–Trinajstić information content (AvgIpc) is 2.93. The number of benzene rings is 4. The van der Waals surface area contributed by atoms with Crippen molar-refractivity contribution in [1.29, 1.82) is 0 Å². The van der Waals surface area contributed by atoms with Crippen LogP contribution in [0.5, 0.6) is 11.5 Å². The summed E-state index contributed by atoms with van der Waals surface area (Å²) in [5.74, 6) is 6.33. The largest absolute Gasteiger partial charge is 0.494 e. The Bertz CT molecular complexity index is 1420. The van der Waals surface area contributed by atoms with Crippen LogP contribution in [0.25, 0.3) is 0 Å². The molecule has 0 aliphatic carbocycles. The van der Waals surface area contributed by atoms with Crippen LogP contribution in [0, 0.1) is 11.8 Å². The molecule has 0 saturated carbocycles. The number of methoxy groups -OCH3 is 2. The van der Waals surface area contributed by atoms with Gasteiger partial charge in [-0.2, -0.15) is 0 Å². The van der Waals surface area contributed by atoms with E-state index in [-0.39, 0.29) is 11.8 Å². The van der Waals surface area contributed by atoms with Crippen LogP contribution in [0.3, 0.4) is 0 Å². The highest BCUT2D eigenvalue weighted by Crippen LogP contribution is 2.37. The molecule has 0 spiro atoms. The zero-order valence-corrected chi connectivity index (χ0v) is 19.9. The van der Waals surface area contributed by atoms with Gasteiger partial charge in [-0.3, -0.25) is 9.59 Å². The van der Waals surface area contributed by atoms with E-state index in [1.165, 1.54) is 14.2 Å². The second-order valence-electron chi connectivity index (χ2n) is 7.72. The summed E-state index contributed by atoms with van der Waals surface area (Å²) in [4.78, 5) is 25.5. The molecule has 4 aromatic carbocycles. The lowest BCUT2D eigenvalue weighted by Gasteiger charge is -2.16. The van der Waals surface area contributed by atoms with Gasteiger partial charge in [0.2, 0.25) is 0 Å². The minimum atomic E-state index is -0.320. The molecular weight excluding hydrogens is 452 g/mol. The van der Waals surface area contributed by atoms with E-state index in [9.17, 15) is 9.59 Å². The summed E-state index contributed by atoms with van der Waals surface area (Å²) in [5, 5.41) is 5.67. The van der Waals surface area contributed by atoms with Crippen molar-refractivity contribution < 1.29 is 19.1 Å². The van der Waals surface area contributed by atoms with E-state index in [0.29, 0.717) is 34.0 Å². The van der Waals surface area contributed by atoms with Crippen LogP contribution in [0.4, 0.5) is 11.4 Å². The molecule has 0 unspecified atom stereocenters. The third-order valence-corrected chi connectivity index (χ3v) is 5.33. The summed E-state index contributed by atoms with van der Waals surface area (Å²) >= 11 is 0. The molecule has 0 bridgehead atoms. The molecule has 178 valence electrons. The monoisotopic (exact) mass is 476 g/mol. The van der Waals surface area contributed by atoms with E-state index in [4.69, 9.17) is 9.47 Å². The normalized spacial score (nSPS) is 9.94. The van der Waals surface area contributed by atoms with Crippen molar-refractivity contribution in [3.05, 3.63) is 119 Å². The minimum absolute atomic E-state index is 0.289. The third kappa shape index (κ3) is 5.91. The zero-order valence-electron chi connectivity index (χ0n) is 19.9. The minimum Gasteiger partial charge on any atom is -0.494 e. The Morgan fingerprint density at radius 3 is 1.47 bits per heavy atom. The van der Waals surface area contributed by atoms with Crippen LogP contribution in [-0.4, -0.2) is 26.0 Å². The molecule has 2 N–H and O–H groups in total. The first-order valence-corrected chi connectivity index (χ1v) is 11.2. The number of ether oxygens (including phenoxy) is 2. The zero-order chi connectivity index (χ0) is 25.3. The Morgan fingerprint density at radius 1 is 0.583 bits per heavy atom. The van der Waals surface area contributed by atoms with E-state index >= 15 is 0 Å². The van der Waals surface area contributed by atoms with Crippen molar-refractivity contribution in [3.63, 3.8) is 0 Å². The topological polar surface area (TPSA) is 76.7 Å². The summed E-state index contributed by atoms with van der Waals surface area (Å²) in [7, 11) is 2.97. The molecule has 0 atom stereocenters. The first-order valence-electron chi connectivity index (χ1n) is 11.2. The van der Waals surface area contributed by atoms with E-state index in [0.717, 1.165) is 11.1 Å². The van der Waals surface area contributed by atoms with Crippen LogP contribution in [-0.2, 0) is 0 Å². The molecular formula is C30H24N2O4. The highest BCUT2D eigenvalue weighted by molar-refractivity contribution is 6.07. The number of carbonyl (C=O) groups is 2. The number of amides is 2. The predicted octanol–water partition coefficient (Wildman–Crippen LogP) is 5.61. The molecule has 0 heterocycles. The lowest BCUT2D eigenvalue weighted by molar-refractivity contribution is 0.101. The number of hydrogen-bond acceptors (Lipinski definition) is 4. The Morgan fingerprint density at radius 2 is 1.00 bits per heavy atom. The second kappa shape index (κ2) is 11.4. The van der Waals surface area contributed by atoms with Gasteiger partial charge in [-0.1, -0.05) is 48.2 Å². The number of nitrogens with one attached hydrogen (secondary N) is 2. The Labute approximate surface area is 209 Å². The van der Waals surface area contributed by atoms with Gasteiger partial charge in [-0.15, -0.1) is 0 Å². The van der Waals surface area contributed by atoms with E-state index in [2.05, 4.69) is 22.5 Å². The number of anilines is 2. The Balaban J connectivity index is 1.50. The summed E-state index contributed by atoms with van der Waals surface area (Å²) < 4.78 is 10.9. The van der Waals surface area contributed by atoms with Crippen LogP contribution in [0.15, 0.2) is 97.1 Å². The maximum atomic E-state index is 12.9. The van der Waals surface area contributed by atoms with Gasteiger partial charge >= 0.3 is 0 Å². The maximum Gasteiger partial charge on any atom is 0.255 e. The Kier molecular flexibility index (Phi) is 7.64. The highest BCUT2D eigenvalue weighted by Gasteiger charge is 2.17. The van der Waals surface area contributed by atoms with Crippen molar-refractivity contribution in [2.45, 2.75) is 0 Å².